The first-order valence-electron chi connectivity index (χ1n) is 8.77. The van der Waals surface area contributed by atoms with Crippen LogP contribution in [0.25, 0.3) is 10.9 Å². The first kappa shape index (κ1) is 16.7. The number of hydrogen-bond donors (Lipinski definition) is 0. The summed E-state index contributed by atoms with van der Waals surface area (Å²) in [6.07, 6.45) is 7.10. The average molecular weight is 350 g/mol. The summed E-state index contributed by atoms with van der Waals surface area (Å²) in [4.78, 5) is 22.1. The Kier molecular flexibility index (Phi) is 4.62. The monoisotopic (exact) mass is 350 g/mol. The van der Waals surface area contributed by atoms with Crippen molar-refractivity contribution in [3.05, 3.63) is 48.7 Å². The van der Waals surface area contributed by atoms with Gasteiger partial charge in [-0.25, -0.2) is 15.0 Å². The van der Waals surface area contributed by atoms with Crippen LogP contribution in [0.2, 0.25) is 0 Å². The van der Waals surface area contributed by atoms with Gasteiger partial charge in [-0.2, -0.15) is 0 Å². The van der Waals surface area contributed by atoms with E-state index < -0.39 is 0 Å². The fraction of sp³-hybridized carbons (Fsp3) is 0.368. The van der Waals surface area contributed by atoms with Crippen molar-refractivity contribution in [2.45, 2.75) is 19.5 Å². The van der Waals surface area contributed by atoms with E-state index in [1.165, 1.54) is 5.56 Å². The summed E-state index contributed by atoms with van der Waals surface area (Å²) in [6.45, 7) is 5.98. The Morgan fingerprint density at radius 3 is 2.81 bits per heavy atom. The van der Waals surface area contributed by atoms with Crippen LogP contribution >= 0.6 is 0 Å². The predicted octanol–water partition coefficient (Wildman–Crippen LogP) is 2.14. The summed E-state index contributed by atoms with van der Waals surface area (Å²) in [5, 5.41) is 1.06. The van der Waals surface area contributed by atoms with Crippen molar-refractivity contribution in [1.82, 2.24) is 24.8 Å². The number of ether oxygens (including phenoxy) is 1. The Hall–Kier alpha value is -2.80. The molecule has 0 amide bonds. The summed E-state index contributed by atoms with van der Waals surface area (Å²) in [7, 11) is 1.64. The van der Waals surface area contributed by atoms with Gasteiger partial charge in [0.1, 0.15) is 12.1 Å². The van der Waals surface area contributed by atoms with Crippen LogP contribution in [-0.4, -0.2) is 57.6 Å². The molecule has 26 heavy (non-hydrogen) atoms. The average Bonchev–Trinajstić information content (AvgIpc) is 2.69. The Balaban J connectivity index is 1.47. The van der Waals surface area contributed by atoms with Crippen LogP contribution in [0.3, 0.4) is 0 Å². The molecule has 0 bridgehead atoms. The number of fused-ring (bicyclic) bond motifs is 1. The summed E-state index contributed by atoms with van der Waals surface area (Å²) < 4.78 is 5.13. The Morgan fingerprint density at radius 1 is 1.12 bits per heavy atom. The number of anilines is 1. The second kappa shape index (κ2) is 7.21. The van der Waals surface area contributed by atoms with Crippen molar-refractivity contribution in [2.75, 3.05) is 31.6 Å². The SMILES string of the molecule is COc1ccc(CN2CCN(c3ncnc4cnccc34)CC2C)cn1. The molecule has 0 N–H and O–H groups in total. The highest BCUT2D eigenvalue weighted by molar-refractivity contribution is 5.88. The minimum atomic E-state index is 0.415. The molecule has 1 fully saturated rings. The first-order chi connectivity index (χ1) is 12.7. The number of methoxy groups -OCH3 is 1. The maximum Gasteiger partial charge on any atom is 0.212 e. The molecule has 0 saturated carbocycles. The van der Waals surface area contributed by atoms with Crippen LogP contribution in [0.5, 0.6) is 5.88 Å². The van der Waals surface area contributed by atoms with Crippen LogP contribution in [0.1, 0.15) is 12.5 Å². The van der Waals surface area contributed by atoms with Gasteiger partial charge in [0.15, 0.2) is 0 Å². The summed E-state index contributed by atoms with van der Waals surface area (Å²) in [6, 6.07) is 6.40. The van der Waals surface area contributed by atoms with Gasteiger partial charge < -0.3 is 9.64 Å². The first-order valence-corrected chi connectivity index (χ1v) is 8.77. The topological polar surface area (TPSA) is 67.3 Å². The van der Waals surface area contributed by atoms with E-state index in [9.17, 15) is 0 Å². The molecule has 1 aliphatic heterocycles. The van der Waals surface area contributed by atoms with E-state index in [-0.39, 0.29) is 0 Å². The third kappa shape index (κ3) is 3.30. The lowest BCUT2D eigenvalue weighted by Crippen LogP contribution is -2.51. The lowest BCUT2D eigenvalue weighted by Gasteiger charge is -2.40. The van der Waals surface area contributed by atoms with Gasteiger partial charge in [0.05, 0.1) is 18.8 Å². The highest BCUT2D eigenvalue weighted by Crippen LogP contribution is 2.25. The van der Waals surface area contributed by atoms with Crippen molar-refractivity contribution in [2.24, 2.45) is 0 Å². The van der Waals surface area contributed by atoms with Crippen LogP contribution in [-0.2, 0) is 6.54 Å². The molecular formula is C19H22N6O. The molecular weight excluding hydrogens is 328 g/mol. The molecule has 1 atom stereocenters. The third-order valence-corrected chi connectivity index (χ3v) is 4.87. The molecule has 0 aromatic carbocycles. The van der Waals surface area contributed by atoms with Gasteiger partial charge in [0.2, 0.25) is 5.88 Å². The van der Waals surface area contributed by atoms with Crippen LogP contribution in [0.4, 0.5) is 5.82 Å². The molecule has 4 rings (SSSR count). The van der Waals surface area contributed by atoms with Gasteiger partial charge in [-0.15, -0.1) is 0 Å². The molecule has 134 valence electrons. The number of pyridine rings is 2. The van der Waals surface area contributed by atoms with Gasteiger partial charge in [0.25, 0.3) is 0 Å². The smallest absolute Gasteiger partial charge is 0.212 e. The standard InChI is InChI=1S/C19H22N6O/c1-14-11-25(19-16-5-6-20-10-17(16)22-13-23-19)8-7-24(14)12-15-3-4-18(26-2)21-9-15/h3-6,9-10,13-14H,7-8,11-12H2,1-2H3. The quantitative estimate of drug-likeness (QED) is 0.714. The van der Waals surface area contributed by atoms with E-state index in [2.05, 4.69) is 42.7 Å². The molecule has 1 saturated heterocycles. The molecule has 1 aliphatic rings. The molecule has 1 unspecified atom stereocenters. The minimum Gasteiger partial charge on any atom is -0.481 e. The van der Waals surface area contributed by atoms with E-state index >= 15 is 0 Å². The lowest BCUT2D eigenvalue weighted by atomic mass is 10.1. The van der Waals surface area contributed by atoms with E-state index in [0.29, 0.717) is 11.9 Å². The molecule has 7 heteroatoms. The molecule has 3 aromatic rings. The number of hydrogen-bond acceptors (Lipinski definition) is 7. The number of piperazine rings is 1. The molecule has 0 aliphatic carbocycles. The largest absolute Gasteiger partial charge is 0.481 e. The van der Waals surface area contributed by atoms with Crippen molar-refractivity contribution >= 4 is 16.7 Å². The summed E-state index contributed by atoms with van der Waals surface area (Å²) in [5.41, 5.74) is 2.08. The highest BCUT2D eigenvalue weighted by atomic mass is 16.5. The van der Waals surface area contributed by atoms with E-state index in [0.717, 1.165) is 42.9 Å². The highest BCUT2D eigenvalue weighted by Gasteiger charge is 2.25. The minimum absolute atomic E-state index is 0.415. The zero-order valence-electron chi connectivity index (χ0n) is 15.0. The second-order valence-corrected chi connectivity index (χ2v) is 6.56. The molecule has 4 heterocycles. The molecule has 3 aromatic heterocycles. The van der Waals surface area contributed by atoms with Crippen LogP contribution < -0.4 is 9.64 Å². The van der Waals surface area contributed by atoms with Gasteiger partial charge in [-0.3, -0.25) is 9.88 Å². The summed E-state index contributed by atoms with van der Waals surface area (Å²) in [5.74, 6) is 1.65. The lowest BCUT2D eigenvalue weighted by molar-refractivity contribution is 0.180. The van der Waals surface area contributed by atoms with Crippen LogP contribution in [0.15, 0.2) is 43.1 Å². The Morgan fingerprint density at radius 2 is 2.04 bits per heavy atom. The normalized spacial score (nSPS) is 18.2. The molecule has 7 nitrogen and oxygen atoms in total. The Bertz CT molecular complexity index is 879. The maximum absolute atomic E-state index is 5.13. The third-order valence-electron chi connectivity index (χ3n) is 4.87. The summed E-state index contributed by atoms with van der Waals surface area (Å²) >= 11 is 0. The number of aromatic nitrogens is 4. The Labute approximate surface area is 152 Å². The predicted molar refractivity (Wildman–Crippen MR) is 100 cm³/mol. The maximum atomic E-state index is 5.13. The number of rotatable bonds is 4. The van der Waals surface area contributed by atoms with Crippen molar-refractivity contribution < 1.29 is 4.74 Å². The van der Waals surface area contributed by atoms with Gasteiger partial charge >= 0.3 is 0 Å². The fourth-order valence-corrected chi connectivity index (χ4v) is 3.43. The van der Waals surface area contributed by atoms with Crippen LogP contribution in [0, 0.1) is 0 Å². The van der Waals surface area contributed by atoms with Crippen molar-refractivity contribution in [1.29, 1.82) is 0 Å². The van der Waals surface area contributed by atoms with E-state index in [4.69, 9.17) is 4.74 Å². The van der Waals surface area contributed by atoms with Crippen molar-refractivity contribution in [3.63, 3.8) is 0 Å². The van der Waals surface area contributed by atoms with Gasteiger partial charge in [-0.05, 0) is 18.6 Å². The van der Waals surface area contributed by atoms with Crippen molar-refractivity contribution in [3.8, 4) is 5.88 Å². The fourth-order valence-electron chi connectivity index (χ4n) is 3.43. The zero-order valence-corrected chi connectivity index (χ0v) is 15.0. The molecule has 0 radical (unpaired) electrons. The van der Waals surface area contributed by atoms with E-state index in [1.807, 2.05) is 18.3 Å². The van der Waals surface area contributed by atoms with E-state index in [1.54, 1.807) is 25.8 Å². The second-order valence-electron chi connectivity index (χ2n) is 6.56. The van der Waals surface area contributed by atoms with Gasteiger partial charge in [-0.1, -0.05) is 6.07 Å². The number of nitrogens with zero attached hydrogens (tertiary/aromatic N) is 6. The zero-order chi connectivity index (χ0) is 17.9. The van der Waals surface area contributed by atoms with Gasteiger partial charge in [0, 0.05) is 56.1 Å². The molecule has 0 spiro atoms.